The molecule has 0 bridgehead atoms. The minimum absolute atomic E-state index is 0.0447. The van der Waals surface area contributed by atoms with Crippen molar-refractivity contribution in [3.8, 4) is 0 Å². The minimum atomic E-state index is -3.43. The Kier molecular flexibility index (Phi) is 4.16. The Morgan fingerprint density at radius 1 is 1.41 bits per heavy atom. The van der Waals surface area contributed by atoms with Gasteiger partial charge in [0.05, 0.1) is 21.6 Å². The topological polar surface area (TPSA) is 71.4 Å². The molecular formula is C11H13ClO4S. The first-order chi connectivity index (χ1) is 7.75. The molecule has 1 N–H and O–H groups in total. The van der Waals surface area contributed by atoms with E-state index in [1.54, 1.807) is 13.8 Å². The summed E-state index contributed by atoms with van der Waals surface area (Å²) in [5, 5.41) is 8.12. The minimum Gasteiger partial charge on any atom is -0.481 e. The average Bonchev–Trinajstić information content (AvgIpc) is 2.15. The summed E-state index contributed by atoms with van der Waals surface area (Å²) in [6.45, 7) is 3.13. The van der Waals surface area contributed by atoms with Gasteiger partial charge in [-0.1, -0.05) is 17.7 Å². The van der Waals surface area contributed by atoms with Crippen LogP contribution in [-0.4, -0.2) is 24.7 Å². The van der Waals surface area contributed by atoms with Crippen molar-refractivity contribution in [2.24, 2.45) is 0 Å². The smallest absolute Gasteiger partial charge is 0.307 e. The summed E-state index contributed by atoms with van der Waals surface area (Å²) in [5.74, 6) is -0.986. The fourth-order valence-corrected chi connectivity index (χ4v) is 2.94. The van der Waals surface area contributed by atoms with Gasteiger partial charge in [-0.25, -0.2) is 8.42 Å². The van der Waals surface area contributed by atoms with Crippen LogP contribution < -0.4 is 0 Å². The van der Waals surface area contributed by atoms with Crippen molar-refractivity contribution in [3.05, 3.63) is 28.8 Å². The number of hydrogen-bond acceptors (Lipinski definition) is 3. The Morgan fingerprint density at radius 2 is 2.00 bits per heavy atom. The monoisotopic (exact) mass is 276 g/mol. The zero-order valence-electron chi connectivity index (χ0n) is 9.47. The molecule has 1 aromatic carbocycles. The van der Waals surface area contributed by atoms with E-state index in [4.69, 9.17) is 16.7 Å². The predicted molar refractivity (Wildman–Crippen MR) is 65.1 cm³/mol. The highest BCUT2D eigenvalue weighted by Crippen LogP contribution is 2.26. The van der Waals surface area contributed by atoms with E-state index in [0.29, 0.717) is 5.56 Å². The van der Waals surface area contributed by atoms with Gasteiger partial charge < -0.3 is 5.11 Å². The molecule has 0 atom stereocenters. The van der Waals surface area contributed by atoms with Crippen LogP contribution in [0.15, 0.2) is 23.1 Å². The fourth-order valence-electron chi connectivity index (χ4n) is 1.31. The van der Waals surface area contributed by atoms with Crippen molar-refractivity contribution in [2.75, 3.05) is 0 Å². The van der Waals surface area contributed by atoms with E-state index in [1.807, 2.05) is 0 Å². The van der Waals surface area contributed by atoms with Crippen molar-refractivity contribution >= 4 is 27.4 Å². The highest BCUT2D eigenvalue weighted by molar-refractivity contribution is 7.92. The first-order valence-electron chi connectivity index (χ1n) is 4.99. The molecule has 6 heteroatoms. The van der Waals surface area contributed by atoms with Crippen LogP contribution in [0, 0.1) is 0 Å². The van der Waals surface area contributed by atoms with Crippen molar-refractivity contribution in [2.45, 2.75) is 30.4 Å². The Balaban J connectivity index is 3.19. The van der Waals surface area contributed by atoms with Crippen molar-refractivity contribution < 1.29 is 18.3 Å². The van der Waals surface area contributed by atoms with E-state index >= 15 is 0 Å². The van der Waals surface area contributed by atoms with Gasteiger partial charge in [-0.05, 0) is 31.5 Å². The molecule has 0 aromatic heterocycles. The van der Waals surface area contributed by atoms with Crippen molar-refractivity contribution in [1.29, 1.82) is 0 Å². The number of carboxylic acids is 1. The molecule has 0 aliphatic heterocycles. The van der Waals surface area contributed by atoms with Gasteiger partial charge in [0.1, 0.15) is 0 Å². The SMILES string of the molecule is CC(C)S(=O)(=O)c1ccc(CC(=O)O)cc1Cl. The van der Waals surface area contributed by atoms with Gasteiger partial charge in [-0.15, -0.1) is 0 Å². The Hall–Kier alpha value is -1.07. The second kappa shape index (κ2) is 5.06. The van der Waals surface area contributed by atoms with Gasteiger partial charge in [0.2, 0.25) is 0 Å². The summed E-state index contributed by atoms with van der Waals surface area (Å²) >= 11 is 5.87. The molecule has 0 aliphatic rings. The van der Waals surface area contributed by atoms with Crippen LogP contribution in [0.1, 0.15) is 19.4 Å². The van der Waals surface area contributed by atoms with E-state index in [-0.39, 0.29) is 16.3 Å². The normalized spacial score (nSPS) is 11.8. The quantitative estimate of drug-likeness (QED) is 0.915. The van der Waals surface area contributed by atoms with Gasteiger partial charge in [-0.2, -0.15) is 0 Å². The number of carboxylic acid groups (broad SMARTS) is 1. The summed E-state index contributed by atoms with van der Waals surface area (Å²) in [5.41, 5.74) is 0.477. The maximum Gasteiger partial charge on any atom is 0.307 e. The lowest BCUT2D eigenvalue weighted by molar-refractivity contribution is -0.136. The molecule has 1 rings (SSSR count). The zero-order chi connectivity index (χ0) is 13.2. The van der Waals surface area contributed by atoms with E-state index in [9.17, 15) is 13.2 Å². The summed E-state index contributed by atoms with van der Waals surface area (Å²) in [6, 6.07) is 4.20. The number of benzene rings is 1. The largest absolute Gasteiger partial charge is 0.481 e. The zero-order valence-corrected chi connectivity index (χ0v) is 11.0. The molecule has 4 nitrogen and oxygen atoms in total. The van der Waals surface area contributed by atoms with Gasteiger partial charge in [0, 0.05) is 0 Å². The molecular weight excluding hydrogens is 264 g/mol. The number of rotatable bonds is 4. The van der Waals surface area contributed by atoms with Crippen molar-refractivity contribution in [3.63, 3.8) is 0 Å². The molecule has 0 spiro atoms. The van der Waals surface area contributed by atoms with Crippen LogP contribution in [0.25, 0.3) is 0 Å². The maximum absolute atomic E-state index is 11.9. The summed E-state index contributed by atoms with van der Waals surface area (Å²) in [7, 11) is -3.43. The highest BCUT2D eigenvalue weighted by atomic mass is 35.5. The molecule has 0 unspecified atom stereocenters. The molecule has 0 radical (unpaired) electrons. The molecule has 1 aromatic rings. The maximum atomic E-state index is 11.9. The number of carbonyl (C=O) groups is 1. The van der Waals surface area contributed by atoms with E-state index in [1.165, 1.54) is 18.2 Å². The highest BCUT2D eigenvalue weighted by Gasteiger charge is 2.22. The second-order valence-corrected chi connectivity index (χ2v) is 6.81. The number of hydrogen-bond donors (Lipinski definition) is 1. The first kappa shape index (κ1) is 14.0. The molecule has 0 amide bonds. The van der Waals surface area contributed by atoms with E-state index in [0.717, 1.165) is 0 Å². The first-order valence-corrected chi connectivity index (χ1v) is 6.91. The lowest BCUT2D eigenvalue weighted by atomic mass is 10.1. The Morgan fingerprint density at radius 3 is 2.41 bits per heavy atom. The predicted octanol–water partition coefficient (Wildman–Crippen LogP) is 2.15. The fraction of sp³-hybridized carbons (Fsp3) is 0.364. The van der Waals surface area contributed by atoms with Crippen LogP contribution >= 0.6 is 11.6 Å². The average molecular weight is 277 g/mol. The Bertz CT molecular complexity index is 534. The summed E-state index contributed by atoms with van der Waals surface area (Å²) in [4.78, 5) is 10.6. The van der Waals surface area contributed by atoms with Gasteiger partial charge in [0.25, 0.3) is 0 Å². The molecule has 0 saturated carbocycles. The number of halogens is 1. The third-order valence-electron chi connectivity index (χ3n) is 2.28. The standard InChI is InChI=1S/C11H13ClO4S/c1-7(2)17(15,16)10-4-3-8(5-9(10)12)6-11(13)14/h3-5,7H,6H2,1-2H3,(H,13,14). The van der Waals surface area contributed by atoms with Crippen LogP contribution in [0.3, 0.4) is 0 Å². The van der Waals surface area contributed by atoms with Crippen LogP contribution in [0.4, 0.5) is 0 Å². The lowest BCUT2D eigenvalue weighted by Crippen LogP contribution is -2.14. The number of aliphatic carboxylic acids is 1. The molecule has 17 heavy (non-hydrogen) atoms. The molecule has 0 aliphatic carbocycles. The summed E-state index contributed by atoms with van der Waals surface area (Å²) in [6.07, 6.45) is -0.179. The third kappa shape index (κ3) is 3.20. The van der Waals surface area contributed by atoms with Crippen LogP contribution in [-0.2, 0) is 21.1 Å². The summed E-state index contributed by atoms with van der Waals surface area (Å²) < 4.78 is 23.8. The second-order valence-electron chi connectivity index (χ2n) is 3.93. The third-order valence-corrected chi connectivity index (χ3v) is 4.91. The Labute approximate surface area is 105 Å². The lowest BCUT2D eigenvalue weighted by Gasteiger charge is -2.10. The van der Waals surface area contributed by atoms with E-state index in [2.05, 4.69) is 0 Å². The molecule has 0 fully saturated rings. The molecule has 94 valence electrons. The van der Waals surface area contributed by atoms with Gasteiger partial charge >= 0.3 is 5.97 Å². The van der Waals surface area contributed by atoms with Crippen LogP contribution in [0.2, 0.25) is 5.02 Å². The van der Waals surface area contributed by atoms with Gasteiger partial charge in [-0.3, -0.25) is 4.79 Å². The number of sulfone groups is 1. The molecule has 0 saturated heterocycles. The molecule has 0 heterocycles. The van der Waals surface area contributed by atoms with Crippen molar-refractivity contribution in [1.82, 2.24) is 0 Å². The van der Waals surface area contributed by atoms with Gasteiger partial charge in [0.15, 0.2) is 9.84 Å². The van der Waals surface area contributed by atoms with Crippen LogP contribution in [0.5, 0.6) is 0 Å². The van der Waals surface area contributed by atoms with E-state index < -0.39 is 21.1 Å².